The average molecular weight is 489 g/mol. The third kappa shape index (κ3) is 6.23. The summed E-state index contributed by atoms with van der Waals surface area (Å²) in [6.45, 7) is 3.54. The van der Waals surface area contributed by atoms with Crippen molar-refractivity contribution < 1.29 is 19.7 Å². The van der Waals surface area contributed by atoms with Gasteiger partial charge in [0, 0.05) is 22.5 Å². The number of amidine groups is 1. The molecule has 0 saturated heterocycles. The number of nitrogens with one attached hydrogen (secondary N) is 2. The van der Waals surface area contributed by atoms with Crippen LogP contribution in [0.25, 0.3) is 10.9 Å². The van der Waals surface area contributed by atoms with Crippen molar-refractivity contribution in [3.63, 3.8) is 0 Å². The zero-order chi connectivity index (χ0) is 25.5. The molecule has 10 heteroatoms. The number of hydrogen-bond acceptors (Lipinski definition) is 9. The van der Waals surface area contributed by atoms with Crippen molar-refractivity contribution in [2.75, 3.05) is 30.9 Å². The van der Waals surface area contributed by atoms with Crippen LogP contribution in [0.4, 0.5) is 17.2 Å². The van der Waals surface area contributed by atoms with Gasteiger partial charge in [-0.3, -0.25) is 4.98 Å². The SMILES string of the molecule is COC(=NCC(O)CO)Nc1ccc2ncnc(Nc3ccc(Oc4ccc(C)nc4)c(C)c3)c2c1. The fraction of sp³-hybridized carbons (Fsp3) is 0.231. The van der Waals surface area contributed by atoms with E-state index in [4.69, 9.17) is 14.6 Å². The van der Waals surface area contributed by atoms with Crippen molar-refractivity contribution in [2.45, 2.75) is 20.0 Å². The maximum Gasteiger partial charge on any atom is 0.288 e. The molecular formula is C26H28N6O4. The van der Waals surface area contributed by atoms with E-state index in [-0.39, 0.29) is 19.2 Å². The van der Waals surface area contributed by atoms with Crippen molar-refractivity contribution in [1.82, 2.24) is 15.0 Å². The Morgan fingerprint density at radius 2 is 1.86 bits per heavy atom. The lowest BCUT2D eigenvalue weighted by molar-refractivity contribution is 0.102. The molecule has 1 atom stereocenters. The van der Waals surface area contributed by atoms with Gasteiger partial charge in [0.05, 0.1) is 38.1 Å². The first-order valence-electron chi connectivity index (χ1n) is 11.3. The lowest BCUT2D eigenvalue weighted by Gasteiger charge is -2.13. The van der Waals surface area contributed by atoms with Gasteiger partial charge in [-0.2, -0.15) is 0 Å². The highest BCUT2D eigenvalue weighted by atomic mass is 16.5. The van der Waals surface area contributed by atoms with E-state index >= 15 is 0 Å². The molecule has 0 amide bonds. The number of fused-ring (bicyclic) bond motifs is 1. The van der Waals surface area contributed by atoms with Gasteiger partial charge >= 0.3 is 0 Å². The van der Waals surface area contributed by atoms with Crippen LogP contribution in [0.1, 0.15) is 11.3 Å². The zero-order valence-corrected chi connectivity index (χ0v) is 20.3. The van der Waals surface area contributed by atoms with Gasteiger partial charge in [-0.25, -0.2) is 15.0 Å². The van der Waals surface area contributed by atoms with Crippen molar-refractivity contribution in [3.8, 4) is 11.5 Å². The van der Waals surface area contributed by atoms with Crippen molar-refractivity contribution in [3.05, 3.63) is 72.3 Å². The minimum atomic E-state index is -0.952. The van der Waals surface area contributed by atoms with Gasteiger partial charge < -0.3 is 30.3 Å². The molecule has 4 rings (SSSR count). The van der Waals surface area contributed by atoms with Gasteiger partial charge in [0.2, 0.25) is 0 Å². The molecule has 186 valence electrons. The first-order valence-corrected chi connectivity index (χ1v) is 11.3. The number of pyridine rings is 1. The molecular weight excluding hydrogens is 460 g/mol. The van der Waals surface area contributed by atoms with Gasteiger partial charge in [-0.15, -0.1) is 0 Å². The van der Waals surface area contributed by atoms with E-state index < -0.39 is 6.10 Å². The molecule has 0 radical (unpaired) electrons. The number of aryl methyl sites for hydroxylation is 2. The topological polar surface area (TPSA) is 134 Å². The molecule has 0 saturated carbocycles. The van der Waals surface area contributed by atoms with Gasteiger partial charge in [-0.05, 0) is 67.9 Å². The number of hydrogen-bond donors (Lipinski definition) is 4. The third-order valence-corrected chi connectivity index (χ3v) is 5.29. The second-order valence-electron chi connectivity index (χ2n) is 8.11. The highest BCUT2D eigenvalue weighted by Gasteiger charge is 2.10. The lowest BCUT2D eigenvalue weighted by atomic mass is 10.1. The maximum absolute atomic E-state index is 9.53. The number of ether oxygens (including phenoxy) is 2. The number of benzene rings is 2. The second kappa shape index (κ2) is 11.4. The molecule has 4 aromatic rings. The van der Waals surface area contributed by atoms with E-state index in [1.54, 1.807) is 6.20 Å². The van der Waals surface area contributed by atoms with Gasteiger partial charge in [0.25, 0.3) is 6.02 Å². The molecule has 0 aliphatic carbocycles. The number of aliphatic hydroxyl groups excluding tert-OH is 2. The van der Waals surface area contributed by atoms with Gasteiger partial charge in [0.1, 0.15) is 23.6 Å². The van der Waals surface area contributed by atoms with Crippen LogP contribution >= 0.6 is 0 Å². The van der Waals surface area contributed by atoms with Crippen molar-refractivity contribution in [1.29, 1.82) is 0 Å². The second-order valence-corrected chi connectivity index (χ2v) is 8.11. The average Bonchev–Trinajstić information content (AvgIpc) is 2.89. The quantitative estimate of drug-likeness (QED) is 0.215. The Balaban J connectivity index is 1.54. The van der Waals surface area contributed by atoms with Crippen molar-refractivity contribution >= 4 is 34.1 Å². The molecule has 4 N–H and O–H groups in total. The standard InChI is InChI=1S/C26H28N6O4/c1-16-10-18(6-9-24(16)36-21-7-4-17(2)27-13-21)31-25-22-11-19(5-8-23(22)29-15-30-25)32-26(35-3)28-12-20(34)14-33/h4-11,13,15,20,33-34H,12,14H2,1-3H3,(H,28,32)(H,29,30,31). The predicted molar refractivity (Wildman–Crippen MR) is 139 cm³/mol. The summed E-state index contributed by atoms with van der Waals surface area (Å²) >= 11 is 0. The maximum atomic E-state index is 9.53. The lowest BCUT2D eigenvalue weighted by Crippen LogP contribution is -2.20. The molecule has 0 fully saturated rings. The molecule has 0 aliphatic rings. The number of anilines is 3. The van der Waals surface area contributed by atoms with E-state index in [9.17, 15) is 5.11 Å². The minimum absolute atomic E-state index is 0.00958. The van der Waals surface area contributed by atoms with E-state index in [1.165, 1.54) is 13.4 Å². The molecule has 0 aliphatic heterocycles. The summed E-state index contributed by atoms with van der Waals surface area (Å²) in [6.07, 6.45) is 2.25. The van der Waals surface area contributed by atoms with Crippen LogP contribution in [0.5, 0.6) is 11.5 Å². The molecule has 36 heavy (non-hydrogen) atoms. The molecule has 0 spiro atoms. The van der Waals surface area contributed by atoms with Crippen LogP contribution in [0.2, 0.25) is 0 Å². The Bertz CT molecular complexity index is 1360. The number of aromatic nitrogens is 3. The summed E-state index contributed by atoms with van der Waals surface area (Å²) < 4.78 is 11.2. The molecule has 10 nitrogen and oxygen atoms in total. The summed E-state index contributed by atoms with van der Waals surface area (Å²) in [6, 6.07) is 15.4. The van der Waals surface area contributed by atoms with E-state index in [2.05, 4.69) is 30.6 Å². The summed E-state index contributed by atoms with van der Waals surface area (Å²) in [5.74, 6) is 2.05. The Labute approximate surface area is 208 Å². The van der Waals surface area contributed by atoms with E-state index in [0.29, 0.717) is 17.3 Å². The summed E-state index contributed by atoms with van der Waals surface area (Å²) in [7, 11) is 1.47. The predicted octanol–water partition coefficient (Wildman–Crippen LogP) is 3.95. The number of aliphatic imine (C=N–C) groups is 1. The minimum Gasteiger partial charge on any atom is -0.468 e. The van der Waals surface area contributed by atoms with Crippen LogP contribution in [0.15, 0.2) is 66.0 Å². The van der Waals surface area contributed by atoms with Crippen LogP contribution in [-0.2, 0) is 4.74 Å². The van der Waals surface area contributed by atoms with Crippen LogP contribution in [0, 0.1) is 13.8 Å². The summed E-state index contributed by atoms with van der Waals surface area (Å²) in [5.41, 5.74) is 4.18. The fourth-order valence-electron chi connectivity index (χ4n) is 3.38. The van der Waals surface area contributed by atoms with Crippen LogP contribution in [0.3, 0.4) is 0 Å². The summed E-state index contributed by atoms with van der Waals surface area (Å²) in [4.78, 5) is 17.2. The highest BCUT2D eigenvalue weighted by molar-refractivity contribution is 5.96. The summed E-state index contributed by atoms with van der Waals surface area (Å²) in [5, 5.41) is 25.7. The third-order valence-electron chi connectivity index (χ3n) is 5.29. The molecule has 0 bridgehead atoms. The Hall–Kier alpha value is -4.28. The fourth-order valence-corrected chi connectivity index (χ4v) is 3.38. The monoisotopic (exact) mass is 488 g/mol. The number of nitrogens with zero attached hydrogens (tertiary/aromatic N) is 4. The first-order chi connectivity index (χ1) is 17.4. The highest BCUT2D eigenvalue weighted by Crippen LogP contribution is 2.30. The zero-order valence-electron chi connectivity index (χ0n) is 20.3. The largest absolute Gasteiger partial charge is 0.468 e. The number of methoxy groups -OCH3 is 1. The van der Waals surface area contributed by atoms with E-state index in [1.807, 2.05) is 62.4 Å². The smallest absolute Gasteiger partial charge is 0.288 e. The molecule has 2 aromatic carbocycles. The Morgan fingerprint density at radius 3 is 2.58 bits per heavy atom. The van der Waals surface area contributed by atoms with Gasteiger partial charge in [0.15, 0.2) is 0 Å². The van der Waals surface area contributed by atoms with Crippen LogP contribution < -0.4 is 15.4 Å². The van der Waals surface area contributed by atoms with Crippen LogP contribution in [-0.4, -0.2) is 57.6 Å². The van der Waals surface area contributed by atoms with Crippen molar-refractivity contribution in [2.24, 2.45) is 4.99 Å². The number of rotatable bonds is 8. The number of aliphatic hydroxyl groups is 2. The molecule has 2 heterocycles. The van der Waals surface area contributed by atoms with Gasteiger partial charge in [-0.1, -0.05) is 0 Å². The Kier molecular flexibility index (Phi) is 7.89. The first kappa shape index (κ1) is 24.8. The molecule has 1 unspecified atom stereocenters. The van der Waals surface area contributed by atoms with E-state index in [0.717, 1.165) is 33.6 Å². The molecule has 2 aromatic heterocycles. The normalized spacial score (nSPS) is 12.3. The Morgan fingerprint density at radius 1 is 1.03 bits per heavy atom.